The van der Waals surface area contributed by atoms with E-state index in [1.165, 1.54) is 16.7 Å². The molecule has 5 aromatic rings. The third-order valence-electron chi connectivity index (χ3n) is 4.85. The number of hydrogen-bond acceptors (Lipinski definition) is 2. The van der Waals surface area contributed by atoms with Crippen molar-refractivity contribution >= 4 is 22.4 Å². The normalized spacial score (nSPS) is 11.1. The Hall–Kier alpha value is -3.59. The first-order valence-electron chi connectivity index (χ1n) is 9.12. The Labute approximate surface area is 157 Å². The Morgan fingerprint density at radius 3 is 2.22 bits per heavy atom. The van der Waals surface area contributed by atoms with Crippen LogP contribution in [0.5, 0.6) is 0 Å². The lowest BCUT2D eigenvalue weighted by molar-refractivity contribution is 1.11. The monoisotopic (exact) mass is 349 g/mol. The van der Waals surface area contributed by atoms with Crippen LogP contribution in [0, 0.1) is 0 Å². The number of benzene rings is 3. The van der Waals surface area contributed by atoms with Gasteiger partial charge in [0.2, 0.25) is 0 Å². The minimum Gasteiger partial charge on any atom is -0.364 e. The molecular weight excluding hydrogens is 330 g/mol. The fourth-order valence-corrected chi connectivity index (χ4v) is 3.48. The van der Waals surface area contributed by atoms with Crippen molar-refractivity contribution in [1.29, 1.82) is 0 Å². The zero-order valence-corrected chi connectivity index (χ0v) is 14.8. The molecule has 0 fully saturated rings. The number of fused-ring (bicyclic) bond motifs is 3. The summed E-state index contributed by atoms with van der Waals surface area (Å²) in [5, 5.41) is 3.53. The summed E-state index contributed by atoms with van der Waals surface area (Å²) in [5.74, 6) is 0.903. The molecule has 3 nitrogen and oxygen atoms in total. The second-order valence-electron chi connectivity index (χ2n) is 6.64. The largest absolute Gasteiger partial charge is 0.364 e. The van der Waals surface area contributed by atoms with Crippen LogP contribution in [0.15, 0.2) is 97.2 Å². The second-order valence-corrected chi connectivity index (χ2v) is 6.64. The first kappa shape index (κ1) is 15.6. The molecule has 5 rings (SSSR count). The second kappa shape index (κ2) is 6.61. The summed E-state index contributed by atoms with van der Waals surface area (Å²) in [5.41, 5.74) is 6.82. The van der Waals surface area contributed by atoms with E-state index in [-0.39, 0.29) is 0 Å². The average Bonchev–Trinajstić information content (AvgIpc) is 3.19. The van der Waals surface area contributed by atoms with Crippen LogP contribution in [0.25, 0.3) is 27.7 Å². The SMILES string of the molecule is c1ccc(CNc2nc3ccccc3n3cc(-c4ccccc4)cc23)cc1. The van der Waals surface area contributed by atoms with E-state index in [0.29, 0.717) is 0 Å². The summed E-state index contributed by atoms with van der Waals surface area (Å²) in [6, 6.07) is 31.4. The Morgan fingerprint density at radius 1 is 0.704 bits per heavy atom. The van der Waals surface area contributed by atoms with E-state index in [1.54, 1.807) is 0 Å². The highest BCUT2D eigenvalue weighted by molar-refractivity contribution is 5.87. The first-order chi connectivity index (χ1) is 13.4. The molecule has 3 heteroatoms. The van der Waals surface area contributed by atoms with E-state index in [0.717, 1.165) is 28.9 Å². The Kier molecular flexibility index (Phi) is 3.83. The average molecular weight is 349 g/mol. The van der Waals surface area contributed by atoms with Gasteiger partial charge in [-0.2, -0.15) is 0 Å². The third kappa shape index (κ3) is 2.93. The molecule has 0 spiro atoms. The van der Waals surface area contributed by atoms with Crippen molar-refractivity contribution in [2.24, 2.45) is 0 Å². The van der Waals surface area contributed by atoms with Crippen LogP contribution in [-0.4, -0.2) is 9.38 Å². The zero-order chi connectivity index (χ0) is 18.1. The fourth-order valence-electron chi connectivity index (χ4n) is 3.48. The van der Waals surface area contributed by atoms with E-state index in [4.69, 9.17) is 4.98 Å². The fraction of sp³-hybridized carbons (Fsp3) is 0.0417. The topological polar surface area (TPSA) is 29.3 Å². The molecule has 0 saturated heterocycles. The van der Waals surface area contributed by atoms with Gasteiger partial charge in [-0.25, -0.2) is 4.98 Å². The minimum absolute atomic E-state index is 0.744. The predicted molar refractivity (Wildman–Crippen MR) is 112 cm³/mol. The number of hydrogen-bond donors (Lipinski definition) is 1. The Morgan fingerprint density at radius 2 is 1.41 bits per heavy atom. The van der Waals surface area contributed by atoms with E-state index in [2.05, 4.69) is 88.7 Å². The molecule has 2 aromatic heterocycles. The van der Waals surface area contributed by atoms with E-state index < -0.39 is 0 Å². The molecule has 0 saturated carbocycles. The minimum atomic E-state index is 0.744. The van der Waals surface area contributed by atoms with Gasteiger partial charge in [0, 0.05) is 18.3 Å². The van der Waals surface area contributed by atoms with Crippen LogP contribution in [0.1, 0.15) is 5.56 Å². The standard InChI is InChI=1S/C24H19N3/c1-3-9-18(10-4-1)16-25-24-23-15-20(19-11-5-2-6-12-19)17-27(23)22-14-8-7-13-21(22)26-24/h1-15,17H,16H2,(H,25,26). The lowest BCUT2D eigenvalue weighted by Crippen LogP contribution is -2.04. The molecular formula is C24H19N3. The van der Waals surface area contributed by atoms with Crippen molar-refractivity contribution in [3.8, 4) is 11.1 Å². The molecule has 0 aliphatic carbocycles. The highest BCUT2D eigenvalue weighted by atomic mass is 15.0. The van der Waals surface area contributed by atoms with Crippen molar-refractivity contribution in [1.82, 2.24) is 9.38 Å². The van der Waals surface area contributed by atoms with Crippen molar-refractivity contribution in [2.75, 3.05) is 5.32 Å². The molecule has 0 aliphatic heterocycles. The summed E-state index contributed by atoms with van der Waals surface area (Å²) >= 11 is 0. The van der Waals surface area contributed by atoms with Gasteiger partial charge in [0.1, 0.15) is 0 Å². The third-order valence-corrected chi connectivity index (χ3v) is 4.85. The molecule has 130 valence electrons. The van der Waals surface area contributed by atoms with Crippen LogP contribution in [0.4, 0.5) is 5.82 Å². The van der Waals surface area contributed by atoms with Gasteiger partial charge in [-0.1, -0.05) is 72.8 Å². The molecule has 0 atom stereocenters. The molecule has 2 heterocycles. The van der Waals surface area contributed by atoms with Gasteiger partial charge in [-0.15, -0.1) is 0 Å². The zero-order valence-electron chi connectivity index (χ0n) is 14.8. The van der Waals surface area contributed by atoms with Crippen molar-refractivity contribution in [3.63, 3.8) is 0 Å². The number of aromatic nitrogens is 2. The highest BCUT2D eigenvalue weighted by Crippen LogP contribution is 2.29. The van der Waals surface area contributed by atoms with Crippen LogP contribution < -0.4 is 5.32 Å². The smallest absolute Gasteiger partial charge is 0.151 e. The van der Waals surface area contributed by atoms with Crippen LogP contribution >= 0.6 is 0 Å². The maximum atomic E-state index is 4.89. The summed E-state index contributed by atoms with van der Waals surface area (Å²) in [7, 11) is 0. The van der Waals surface area contributed by atoms with Crippen LogP contribution in [0.3, 0.4) is 0 Å². The molecule has 0 amide bonds. The maximum Gasteiger partial charge on any atom is 0.151 e. The molecule has 0 radical (unpaired) electrons. The summed E-state index contributed by atoms with van der Waals surface area (Å²) in [6.45, 7) is 0.744. The van der Waals surface area contributed by atoms with Gasteiger partial charge >= 0.3 is 0 Å². The van der Waals surface area contributed by atoms with Gasteiger partial charge in [-0.05, 0) is 29.3 Å². The Bertz CT molecular complexity index is 1210. The molecule has 1 N–H and O–H groups in total. The lowest BCUT2D eigenvalue weighted by atomic mass is 10.1. The number of rotatable bonds is 4. The molecule has 27 heavy (non-hydrogen) atoms. The highest BCUT2D eigenvalue weighted by Gasteiger charge is 2.11. The summed E-state index contributed by atoms with van der Waals surface area (Å²) in [6.07, 6.45) is 2.20. The molecule has 0 aliphatic rings. The first-order valence-corrected chi connectivity index (χ1v) is 9.12. The number of para-hydroxylation sites is 2. The van der Waals surface area contributed by atoms with E-state index >= 15 is 0 Å². The Balaban J connectivity index is 1.65. The summed E-state index contributed by atoms with van der Waals surface area (Å²) < 4.78 is 2.23. The van der Waals surface area contributed by atoms with Gasteiger partial charge in [-0.3, -0.25) is 0 Å². The van der Waals surface area contributed by atoms with Crippen molar-refractivity contribution < 1.29 is 0 Å². The number of nitrogens with zero attached hydrogens (tertiary/aromatic N) is 2. The van der Waals surface area contributed by atoms with Gasteiger partial charge in [0.15, 0.2) is 5.82 Å². The number of anilines is 1. The number of nitrogens with one attached hydrogen (secondary N) is 1. The lowest BCUT2D eigenvalue weighted by Gasteiger charge is -2.10. The van der Waals surface area contributed by atoms with Gasteiger partial charge < -0.3 is 9.72 Å². The quantitative estimate of drug-likeness (QED) is 0.446. The van der Waals surface area contributed by atoms with Crippen LogP contribution in [-0.2, 0) is 6.54 Å². The van der Waals surface area contributed by atoms with Crippen molar-refractivity contribution in [2.45, 2.75) is 6.54 Å². The van der Waals surface area contributed by atoms with Crippen molar-refractivity contribution in [3.05, 3.63) is 103 Å². The molecule has 0 unspecified atom stereocenters. The molecule has 3 aromatic carbocycles. The molecule has 0 bridgehead atoms. The summed E-state index contributed by atoms with van der Waals surface area (Å²) in [4.78, 5) is 4.89. The maximum absolute atomic E-state index is 4.89. The predicted octanol–water partition coefficient (Wildman–Crippen LogP) is 5.77. The van der Waals surface area contributed by atoms with E-state index in [9.17, 15) is 0 Å². The van der Waals surface area contributed by atoms with Crippen LogP contribution in [0.2, 0.25) is 0 Å². The van der Waals surface area contributed by atoms with E-state index in [1.807, 2.05) is 18.2 Å². The van der Waals surface area contributed by atoms with Gasteiger partial charge in [0.25, 0.3) is 0 Å². The van der Waals surface area contributed by atoms with Gasteiger partial charge in [0.05, 0.1) is 16.6 Å².